The molecule has 0 fully saturated rings. The molecule has 3 rings (SSSR count). The fraction of sp³-hybridized carbons (Fsp3) is 0.182. The van der Waals surface area contributed by atoms with Gasteiger partial charge in [0.05, 0.1) is 18.6 Å². The number of carbonyl (C=O) groups is 2. The minimum Gasteiger partial charge on any atom is -0.463 e. The van der Waals surface area contributed by atoms with Gasteiger partial charge in [0.25, 0.3) is 0 Å². The van der Waals surface area contributed by atoms with Crippen LogP contribution in [0, 0.1) is 0 Å². The van der Waals surface area contributed by atoms with E-state index >= 15 is 0 Å². The van der Waals surface area contributed by atoms with Gasteiger partial charge in [0.1, 0.15) is 5.76 Å². The molecule has 0 amide bonds. The summed E-state index contributed by atoms with van der Waals surface area (Å²) in [6, 6.07) is 16.7. The van der Waals surface area contributed by atoms with Gasteiger partial charge in [0, 0.05) is 10.9 Å². The van der Waals surface area contributed by atoms with Crippen LogP contribution in [-0.4, -0.2) is 18.5 Å². The first kappa shape index (κ1) is 18.9. The zero-order chi connectivity index (χ0) is 19.2. The average molecular weight is 383 g/mol. The Bertz CT molecular complexity index is 882. The quantitative estimate of drug-likeness (QED) is 0.690. The molecule has 0 bridgehead atoms. The minimum atomic E-state index is -0.488. The molecule has 1 aliphatic heterocycles. The number of allylic oxidation sites excluding steroid dienone is 1. The summed E-state index contributed by atoms with van der Waals surface area (Å²) in [7, 11) is 0. The van der Waals surface area contributed by atoms with Crippen molar-refractivity contribution < 1.29 is 19.1 Å². The maximum absolute atomic E-state index is 12.6. The van der Waals surface area contributed by atoms with Crippen molar-refractivity contribution in [3.63, 3.8) is 0 Å². The minimum absolute atomic E-state index is 0.0679. The Labute approximate surface area is 163 Å². The summed E-state index contributed by atoms with van der Waals surface area (Å²) in [6.07, 6.45) is 3.51. The topological polar surface area (TPSA) is 52.6 Å². The molecule has 0 saturated heterocycles. The van der Waals surface area contributed by atoms with Crippen LogP contribution in [0.2, 0.25) is 5.02 Å². The Kier molecular flexibility index (Phi) is 6.09. The maximum Gasteiger partial charge on any atom is 0.338 e. The molecule has 138 valence electrons. The van der Waals surface area contributed by atoms with Crippen molar-refractivity contribution in [2.45, 2.75) is 19.3 Å². The third-order valence-electron chi connectivity index (χ3n) is 4.20. The molecule has 0 spiro atoms. The largest absolute Gasteiger partial charge is 0.463 e. The fourth-order valence-electron chi connectivity index (χ4n) is 2.95. The van der Waals surface area contributed by atoms with Crippen LogP contribution in [0.5, 0.6) is 0 Å². The molecule has 2 aromatic carbocycles. The second-order valence-corrected chi connectivity index (χ2v) is 6.46. The zero-order valence-electron chi connectivity index (χ0n) is 14.9. The molecule has 1 atom stereocenters. The molecule has 1 aliphatic rings. The van der Waals surface area contributed by atoms with Gasteiger partial charge in [-0.1, -0.05) is 60.1 Å². The first-order chi connectivity index (χ1) is 13.1. The summed E-state index contributed by atoms with van der Waals surface area (Å²) in [5.74, 6) is -1.11. The van der Waals surface area contributed by atoms with E-state index in [4.69, 9.17) is 21.1 Å². The normalized spacial score (nSPS) is 17.1. The smallest absolute Gasteiger partial charge is 0.338 e. The predicted octanol–water partition coefficient (Wildman–Crippen LogP) is 4.90. The summed E-state index contributed by atoms with van der Waals surface area (Å²) in [4.78, 5) is 24.8. The number of benzene rings is 2. The summed E-state index contributed by atoms with van der Waals surface area (Å²) in [5.41, 5.74) is 2.08. The van der Waals surface area contributed by atoms with E-state index < -0.39 is 17.9 Å². The van der Waals surface area contributed by atoms with Crippen molar-refractivity contribution in [2.75, 3.05) is 6.61 Å². The molecule has 5 heteroatoms. The molecular formula is C22H19ClO4. The number of ether oxygens (including phenoxy) is 2. The molecule has 0 N–H and O–H groups in total. The second kappa shape index (κ2) is 8.69. The van der Waals surface area contributed by atoms with Crippen LogP contribution >= 0.6 is 11.6 Å². The van der Waals surface area contributed by atoms with E-state index in [9.17, 15) is 9.59 Å². The lowest BCUT2D eigenvalue weighted by atomic mass is 9.85. The molecule has 0 aliphatic carbocycles. The number of hydrogen-bond donors (Lipinski definition) is 0. The highest BCUT2D eigenvalue weighted by Gasteiger charge is 2.35. The van der Waals surface area contributed by atoms with Gasteiger partial charge >= 0.3 is 11.9 Å². The third kappa shape index (κ3) is 4.66. The van der Waals surface area contributed by atoms with Crippen LogP contribution in [0.3, 0.4) is 0 Å². The Morgan fingerprint density at radius 3 is 2.52 bits per heavy atom. The number of hydrogen-bond acceptors (Lipinski definition) is 4. The van der Waals surface area contributed by atoms with Gasteiger partial charge in [-0.3, -0.25) is 4.79 Å². The van der Waals surface area contributed by atoms with Crippen molar-refractivity contribution in [2.24, 2.45) is 0 Å². The summed E-state index contributed by atoms with van der Waals surface area (Å²) in [6.45, 7) is 1.98. The van der Waals surface area contributed by atoms with E-state index in [0.717, 1.165) is 11.1 Å². The van der Waals surface area contributed by atoms with Crippen molar-refractivity contribution >= 4 is 29.6 Å². The second-order valence-electron chi connectivity index (χ2n) is 6.02. The lowest BCUT2D eigenvalue weighted by Gasteiger charge is -2.25. The third-order valence-corrected chi connectivity index (χ3v) is 4.45. The Morgan fingerprint density at radius 1 is 1.15 bits per heavy atom. The van der Waals surface area contributed by atoms with Crippen molar-refractivity contribution in [3.05, 3.63) is 88.2 Å². The highest BCUT2D eigenvalue weighted by atomic mass is 35.5. The Hall–Kier alpha value is -2.85. The van der Waals surface area contributed by atoms with Crippen LogP contribution in [0.15, 0.2) is 72.0 Å². The highest BCUT2D eigenvalue weighted by Crippen LogP contribution is 2.36. The van der Waals surface area contributed by atoms with Crippen LogP contribution in [0.1, 0.15) is 30.4 Å². The standard InChI is InChI=1S/C22H19ClO4/c1-2-26-22(25)21-18(16-9-11-17(23)12-10-16)14-20(24)27-19(21)13-8-15-6-4-3-5-7-15/h3-13,18H,2,14H2,1H3/b13-8+/t18-/m0/s1. The molecule has 0 aromatic heterocycles. The Morgan fingerprint density at radius 2 is 1.85 bits per heavy atom. The monoisotopic (exact) mass is 382 g/mol. The van der Waals surface area contributed by atoms with Gasteiger partial charge in [-0.2, -0.15) is 0 Å². The molecule has 0 radical (unpaired) electrons. The van der Waals surface area contributed by atoms with Crippen LogP contribution in [0.4, 0.5) is 0 Å². The number of rotatable bonds is 5. The highest BCUT2D eigenvalue weighted by molar-refractivity contribution is 6.30. The lowest BCUT2D eigenvalue weighted by Crippen LogP contribution is -2.25. The molecule has 1 heterocycles. The van der Waals surface area contributed by atoms with Crippen LogP contribution in [0.25, 0.3) is 6.08 Å². The number of carbonyl (C=O) groups excluding carboxylic acids is 2. The number of esters is 2. The molecule has 27 heavy (non-hydrogen) atoms. The first-order valence-electron chi connectivity index (χ1n) is 8.69. The van der Waals surface area contributed by atoms with Crippen molar-refractivity contribution in [1.82, 2.24) is 0 Å². The van der Waals surface area contributed by atoms with Crippen LogP contribution < -0.4 is 0 Å². The predicted molar refractivity (Wildman–Crippen MR) is 104 cm³/mol. The van der Waals surface area contributed by atoms with Crippen molar-refractivity contribution in [1.29, 1.82) is 0 Å². The van der Waals surface area contributed by atoms with E-state index in [1.807, 2.05) is 42.5 Å². The van der Waals surface area contributed by atoms with E-state index in [-0.39, 0.29) is 18.8 Å². The molecule has 0 unspecified atom stereocenters. The summed E-state index contributed by atoms with van der Waals surface area (Å²) in [5, 5.41) is 0.586. The Balaban J connectivity index is 2.05. The molecule has 0 saturated carbocycles. The SMILES string of the molecule is CCOC(=O)C1=C(/C=C/c2ccccc2)OC(=O)C[C@H]1c1ccc(Cl)cc1. The summed E-state index contributed by atoms with van der Waals surface area (Å²) >= 11 is 5.97. The van der Waals surface area contributed by atoms with Gasteiger partial charge in [-0.15, -0.1) is 0 Å². The van der Waals surface area contributed by atoms with E-state index in [2.05, 4.69) is 0 Å². The first-order valence-corrected chi connectivity index (χ1v) is 9.07. The van der Waals surface area contributed by atoms with Gasteiger partial charge in [-0.05, 0) is 36.3 Å². The molecule has 2 aromatic rings. The van der Waals surface area contributed by atoms with E-state index in [0.29, 0.717) is 10.6 Å². The fourth-order valence-corrected chi connectivity index (χ4v) is 3.08. The van der Waals surface area contributed by atoms with Gasteiger partial charge in [-0.25, -0.2) is 4.79 Å². The van der Waals surface area contributed by atoms with Crippen LogP contribution in [-0.2, 0) is 19.1 Å². The average Bonchev–Trinajstić information content (AvgIpc) is 2.67. The summed E-state index contributed by atoms with van der Waals surface area (Å²) < 4.78 is 10.6. The zero-order valence-corrected chi connectivity index (χ0v) is 15.6. The van der Waals surface area contributed by atoms with Gasteiger partial charge in [0.2, 0.25) is 0 Å². The maximum atomic E-state index is 12.6. The molecular weight excluding hydrogens is 364 g/mol. The molecule has 4 nitrogen and oxygen atoms in total. The lowest BCUT2D eigenvalue weighted by molar-refractivity contribution is -0.143. The van der Waals surface area contributed by atoms with Gasteiger partial charge in [0.15, 0.2) is 0 Å². The van der Waals surface area contributed by atoms with Crippen molar-refractivity contribution in [3.8, 4) is 0 Å². The number of cyclic esters (lactones) is 1. The van der Waals surface area contributed by atoms with E-state index in [1.54, 1.807) is 31.2 Å². The van der Waals surface area contributed by atoms with Gasteiger partial charge < -0.3 is 9.47 Å². The van der Waals surface area contributed by atoms with E-state index in [1.165, 1.54) is 0 Å². The number of halogens is 1.